The van der Waals surface area contributed by atoms with E-state index in [4.69, 9.17) is 5.11 Å². The Morgan fingerprint density at radius 3 is 2.33 bits per heavy atom. The van der Waals surface area contributed by atoms with Crippen LogP contribution in [-0.4, -0.2) is 16.2 Å². The second-order valence-electron chi connectivity index (χ2n) is 3.23. The van der Waals surface area contributed by atoms with E-state index in [-0.39, 0.29) is 0 Å². The van der Waals surface area contributed by atoms with Crippen LogP contribution < -0.4 is 0 Å². The van der Waals surface area contributed by atoms with Crippen LogP contribution in [0.1, 0.15) is 10.5 Å². The second-order valence-corrected chi connectivity index (χ2v) is 3.23. The number of nitrogens with zero attached hydrogens (tertiary/aromatic N) is 1. The number of carboxylic acid groups (broad SMARTS) is 1. The SMILES string of the molecule is O=C(O)c1cc(-c2cc(F)c(F)c(F)c2F)on1. The molecule has 0 amide bonds. The Morgan fingerprint density at radius 2 is 1.78 bits per heavy atom. The molecular formula is C10H3F4NO3. The van der Waals surface area contributed by atoms with Crippen LogP contribution in [0.2, 0.25) is 0 Å². The van der Waals surface area contributed by atoms with Crippen molar-refractivity contribution >= 4 is 5.97 Å². The molecule has 0 aliphatic carbocycles. The van der Waals surface area contributed by atoms with Gasteiger partial charge in [-0.15, -0.1) is 0 Å². The number of rotatable bonds is 2. The number of carboxylic acids is 1. The van der Waals surface area contributed by atoms with Gasteiger partial charge in [-0.3, -0.25) is 0 Å². The van der Waals surface area contributed by atoms with E-state index in [0.717, 1.165) is 6.07 Å². The van der Waals surface area contributed by atoms with Gasteiger partial charge in [0.2, 0.25) is 0 Å². The monoisotopic (exact) mass is 261 g/mol. The summed E-state index contributed by atoms with van der Waals surface area (Å²) in [4.78, 5) is 10.5. The topological polar surface area (TPSA) is 63.3 Å². The molecule has 8 heteroatoms. The molecule has 1 aromatic carbocycles. The summed E-state index contributed by atoms with van der Waals surface area (Å²) in [6, 6.07) is 1.11. The van der Waals surface area contributed by atoms with Gasteiger partial charge < -0.3 is 9.63 Å². The van der Waals surface area contributed by atoms with Crippen molar-refractivity contribution in [3.63, 3.8) is 0 Å². The standard InChI is InChI=1S/C10H3F4NO3/c11-4-1-3(7(12)9(14)8(4)13)6-2-5(10(16)17)15-18-6/h1-2H,(H,16,17). The maximum absolute atomic E-state index is 13.3. The fraction of sp³-hybridized carbons (Fsp3) is 0. The minimum atomic E-state index is -2.02. The molecule has 0 unspecified atom stereocenters. The van der Waals surface area contributed by atoms with Crippen LogP contribution in [0.3, 0.4) is 0 Å². The van der Waals surface area contributed by atoms with Gasteiger partial charge in [-0.05, 0) is 6.07 Å². The zero-order chi connectivity index (χ0) is 13.4. The Labute approximate surface area is 96.4 Å². The zero-order valence-corrected chi connectivity index (χ0v) is 8.38. The average Bonchev–Trinajstić information content (AvgIpc) is 2.80. The van der Waals surface area contributed by atoms with Gasteiger partial charge in [-0.25, -0.2) is 22.4 Å². The molecule has 0 aliphatic heterocycles. The van der Waals surface area contributed by atoms with Crippen molar-refractivity contribution in [2.24, 2.45) is 0 Å². The molecule has 2 rings (SSSR count). The van der Waals surface area contributed by atoms with Crippen molar-refractivity contribution in [2.45, 2.75) is 0 Å². The van der Waals surface area contributed by atoms with Crippen molar-refractivity contribution in [1.82, 2.24) is 5.16 Å². The summed E-state index contributed by atoms with van der Waals surface area (Å²) < 4.78 is 56.3. The average molecular weight is 261 g/mol. The Hall–Kier alpha value is -2.38. The summed E-state index contributed by atoms with van der Waals surface area (Å²) in [5, 5.41) is 11.6. The van der Waals surface area contributed by atoms with Gasteiger partial charge in [0.25, 0.3) is 0 Å². The van der Waals surface area contributed by atoms with Gasteiger partial charge in [0.15, 0.2) is 34.7 Å². The smallest absolute Gasteiger partial charge is 0.358 e. The Balaban J connectivity index is 2.60. The molecule has 0 aliphatic rings. The van der Waals surface area contributed by atoms with Crippen LogP contribution in [0.5, 0.6) is 0 Å². The fourth-order valence-electron chi connectivity index (χ4n) is 1.26. The highest BCUT2D eigenvalue weighted by atomic mass is 19.2. The predicted molar refractivity (Wildman–Crippen MR) is 48.7 cm³/mol. The molecule has 2 aromatic rings. The van der Waals surface area contributed by atoms with E-state index >= 15 is 0 Å². The molecule has 94 valence electrons. The minimum Gasteiger partial charge on any atom is -0.476 e. The molecule has 0 saturated heterocycles. The van der Waals surface area contributed by atoms with Crippen LogP contribution in [0.15, 0.2) is 16.7 Å². The number of halogens is 4. The normalized spacial score (nSPS) is 10.7. The lowest BCUT2D eigenvalue weighted by Gasteiger charge is -2.01. The van der Waals surface area contributed by atoms with E-state index in [0.29, 0.717) is 6.07 Å². The third kappa shape index (κ3) is 1.81. The van der Waals surface area contributed by atoms with Gasteiger partial charge >= 0.3 is 5.97 Å². The quantitative estimate of drug-likeness (QED) is 0.512. The number of carbonyl (C=O) groups is 1. The predicted octanol–water partition coefficient (Wildman–Crippen LogP) is 2.60. The van der Waals surface area contributed by atoms with Crippen LogP contribution in [0, 0.1) is 23.3 Å². The van der Waals surface area contributed by atoms with E-state index < -0.39 is 46.3 Å². The van der Waals surface area contributed by atoms with E-state index in [1.807, 2.05) is 0 Å². The maximum atomic E-state index is 13.3. The van der Waals surface area contributed by atoms with Crippen molar-refractivity contribution in [3.05, 3.63) is 41.1 Å². The molecule has 1 aromatic heterocycles. The molecule has 0 radical (unpaired) electrons. The number of aromatic nitrogens is 1. The first-order valence-corrected chi connectivity index (χ1v) is 4.45. The number of benzene rings is 1. The summed E-state index contributed by atoms with van der Waals surface area (Å²) in [6.45, 7) is 0. The number of hydrogen-bond acceptors (Lipinski definition) is 3. The van der Waals surface area contributed by atoms with Crippen LogP contribution in [0.4, 0.5) is 17.6 Å². The molecule has 18 heavy (non-hydrogen) atoms. The first kappa shape index (κ1) is 12.1. The van der Waals surface area contributed by atoms with Crippen molar-refractivity contribution in [3.8, 4) is 11.3 Å². The number of hydrogen-bond donors (Lipinski definition) is 1. The van der Waals surface area contributed by atoms with Crippen molar-refractivity contribution in [2.75, 3.05) is 0 Å². The molecule has 0 bridgehead atoms. The molecule has 4 nitrogen and oxygen atoms in total. The van der Waals surface area contributed by atoms with Gasteiger partial charge in [0.05, 0.1) is 5.56 Å². The van der Waals surface area contributed by atoms with Crippen LogP contribution in [-0.2, 0) is 0 Å². The molecule has 1 heterocycles. The summed E-state index contributed by atoms with van der Waals surface area (Å²) in [5.74, 6) is -9.29. The van der Waals surface area contributed by atoms with Gasteiger partial charge in [0, 0.05) is 6.07 Å². The Bertz CT molecular complexity index is 638. The summed E-state index contributed by atoms with van der Waals surface area (Å²) >= 11 is 0. The molecule has 1 N–H and O–H groups in total. The lowest BCUT2D eigenvalue weighted by atomic mass is 10.1. The number of aromatic carboxylic acids is 1. The second kappa shape index (κ2) is 4.13. The molecule has 0 atom stereocenters. The van der Waals surface area contributed by atoms with Crippen LogP contribution >= 0.6 is 0 Å². The highest BCUT2D eigenvalue weighted by Gasteiger charge is 2.23. The molecule has 0 fully saturated rings. The third-order valence-electron chi connectivity index (χ3n) is 2.10. The third-order valence-corrected chi connectivity index (χ3v) is 2.10. The van der Waals surface area contributed by atoms with Crippen molar-refractivity contribution in [1.29, 1.82) is 0 Å². The van der Waals surface area contributed by atoms with E-state index in [1.165, 1.54) is 0 Å². The van der Waals surface area contributed by atoms with Crippen LogP contribution in [0.25, 0.3) is 11.3 Å². The van der Waals surface area contributed by atoms with Crippen molar-refractivity contribution < 1.29 is 32.0 Å². The largest absolute Gasteiger partial charge is 0.476 e. The maximum Gasteiger partial charge on any atom is 0.358 e. The summed E-state index contributed by atoms with van der Waals surface area (Å²) in [7, 11) is 0. The molecular weight excluding hydrogens is 258 g/mol. The fourth-order valence-corrected chi connectivity index (χ4v) is 1.26. The highest BCUT2D eigenvalue weighted by Crippen LogP contribution is 2.28. The van der Waals surface area contributed by atoms with Gasteiger partial charge in [-0.2, -0.15) is 0 Å². The lowest BCUT2D eigenvalue weighted by molar-refractivity contribution is 0.0686. The zero-order valence-electron chi connectivity index (χ0n) is 8.38. The summed E-state index contributed by atoms with van der Waals surface area (Å²) in [5.41, 5.74) is -1.33. The molecule has 0 saturated carbocycles. The lowest BCUT2D eigenvalue weighted by Crippen LogP contribution is -1.98. The van der Waals surface area contributed by atoms with Gasteiger partial charge in [-0.1, -0.05) is 5.16 Å². The first-order valence-electron chi connectivity index (χ1n) is 4.45. The Morgan fingerprint density at radius 1 is 1.11 bits per heavy atom. The summed E-state index contributed by atoms with van der Waals surface area (Å²) in [6.07, 6.45) is 0. The minimum absolute atomic E-state index is 0.347. The van der Waals surface area contributed by atoms with E-state index in [2.05, 4.69) is 9.68 Å². The molecule has 0 spiro atoms. The van der Waals surface area contributed by atoms with E-state index in [9.17, 15) is 22.4 Å². The Kier molecular flexibility index (Phi) is 2.77. The first-order chi connectivity index (χ1) is 8.41. The highest BCUT2D eigenvalue weighted by molar-refractivity contribution is 5.86. The van der Waals surface area contributed by atoms with Gasteiger partial charge in [0.1, 0.15) is 0 Å². The van der Waals surface area contributed by atoms with E-state index in [1.54, 1.807) is 0 Å².